The largest absolute Gasteiger partial charge is 0.339 e. The van der Waals surface area contributed by atoms with Crippen LogP contribution in [0.25, 0.3) is 0 Å². The number of amides is 1. The monoisotopic (exact) mass is 309 g/mol. The van der Waals surface area contributed by atoms with E-state index in [9.17, 15) is 13.6 Å². The predicted molar refractivity (Wildman–Crippen MR) is 76.3 cm³/mol. The lowest BCUT2D eigenvalue weighted by Gasteiger charge is -2.05. The third-order valence-electron chi connectivity index (χ3n) is 2.94. The van der Waals surface area contributed by atoms with Crippen molar-refractivity contribution in [1.82, 2.24) is 10.1 Å². The van der Waals surface area contributed by atoms with Crippen LogP contribution in [0.15, 0.2) is 22.7 Å². The average molecular weight is 309 g/mol. The van der Waals surface area contributed by atoms with Crippen LogP contribution in [0.5, 0.6) is 0 Å². The summed E-state index contributed by atoms with van der Waals surface area (Å²) in [5.41, 5.74) is 0.0994. The molecule has 1 N–H and O–H groups in total. The Morgan fingerprint density at radius 1 is 1.27 bits per heavy atom. The van der Waals surface area contributed by atoms with E-state index < -0.39 is 11.6 Å². The van der Waals surface area contributed by atoms with Crippen molar-refractivity contribution in [3.63, 3.8) is 0 Å². The molecule has 7 heteroatoms. The summed E-state index contributed by atoms with van der Waals surface area (Å²) >= 11 is 0. The number of halogens is 2. The first kappa shape index (κ1) is 16.1. The Balaban J connectivity index is 1.80. The molecule has 2 rings (SSSR count). The van der Waals surface area contributed by atoms with Crippen LogP contribution in [0.4, 0.5) is 14.5 Å². The van der Waals surface area contributed by atoms with Gasteiger partial charge in [-0.3, -0.25) is 4.79 Å². The SMILES string of the molecule is CC(C)c1noc(CCCC(=O)Nc2cc(F)cc(F)c2)n1. The third kappa shape index (κ3) is 4.61. The topological polar surface area (TPSA) is 68.0 Å². The Hall–Kier alpha value is -2.31. The molecule has 0 radical (unpaired) electrons. The van der Waals surface area contributed by atoms with Crippen molar-refractivity contribution >= 4 is 11.6 Å². The quantitative estimate of drug-likeness (QED) is 0.887. The first-order valence-electron chi connectivity index (χ1n) is 7.02. The van der Waals surface area contributed by atoms with Gasteiger partial charge in [0.15, 0.2) is 5.82 Å². The Morgan fingerprint density at radius 3 is 2.55 bits per heavy atom. The number of benzene rings is 1. The Labute approximate surface area is 126 Å². The van der Waals surface area contributed by atoms with Gasteiger partial charge in [-0.1, -0.05) is 19.0 Å². The van der Waals surface area contributed by atoms with Crippen molar-refractivity contribution in [2.24, 2.45) is 0 Å². The van der Waals surface area contributed by atoms with Gasteiger partial charge < -0.3 is 9.84 Å². The number of carbonyl (C=O) groups is 1. The molecule has 0 spiro atoms. The first-order chi connectivity index (χ1) is 10.4. The minimum Gasteiger partial charge on any atom is -0.339 e. The van der Waals surface area contributed by atoms with Gasteiger partial charge >= 0.3 is 0 Å². The Kier molecular flexibility index (Phi) is 5.19. The number of nitrogens with one attached hydrogen (secondary N) is 1. The maximum atomic E-state index is 13.0. The summed E-state index contributed by atoms with van der Waals surface area (Å²) in [5.74, 6) is -0.495. The number of aryl methyl sites for hydroxylation is 1. The molecule has 1 amide bonds. The molecule has 5 nitrogen and oxygen atoms in total. The van der Waals surface area contributed by atoms with Gasteiger partial charge in [-0.15, -0.1) is 0 Å². The van der Waals surface area contributed by atoms with Crippen LogP contribution in [0.1, 0.15) is 44.3 Å². The molecular formula is C15H17F2N3O2. The van der Waals surface area contributed by atoms with Gasteiger partial charge in [0.25, 0.3) is 0 Å². The number of anilines is 1. The molecule has 0 aliphatic carbocycles. The van der Waals surface area contributed by atoms with Crippen molar-refractivity contribution < 1.29 is 18.1 Å². The molecule has 0 saturated heterocycles. The van der Waals surface area contributed by atoms with E-state index in [-0.39, 0.29) is 23.9 Å². The van der Waals surface area contributed by atoms with E-state index in [4.69, 9.17) is 4.52 Å². The van der Waals surface area contributed by atoms with E-state index in [1.165, 1.54) is 0 Å². The second-order valence-corrected chi connectivity index (χ2v) is 5.26. The van der Waals surface area contributed by atoms with Gasteiger partial charge in [0.1, 0.15) is 11.6 Å². The third-order valence-corrected chi connectivity index (χ3v) is 2.94. The maximum Gasteiger partial charge on any atom is 0.226 e. The highest BCUT2D eigenvalue weighted by atomic mass is 19.1. The van der Waals surface area contributed by atoms with Crippen LogP contribution < -0.4 is 5.32 Å². The molecule has 0 atom stereocenters. The highest BCUT2D eigenvalue weighted by Gasteiger charge is 2.11. The molecule has 0 fully saturated rings. The van der Waals surface area contributed by atoms with Gasteiger partial charge in [-0.05, 0) is 18.6 Å². The first-order valence-corrected chi connectivity index (χ1v) is 7.02. The molecule has 1 aromatic heterocycles. The molecule has 0 bridgehead atoms. The fourth-order valence-electron chi connectivity index (χ4n) is 1.85. The summed E-state index contributed by atoms with van der Waals surface area (Å²) in [4.78, 5) is 15.9. The molecular weight excluding hydrogens is 292 g/mol. The summed E-state index contributed by atoms with van der Waals surface area (Å²) < 4.78 is 31.1. The predicted octanol–water partition coefficient (Wildman–Crippen LogP) is 3.43. The minimum atomic E-state index is -0.734. The molecule has 2 aromatic rings. The van der Waals surface area contributed by atoms with E-state index >= 15 is 0 Å². The van der Waals surface area contributed by atoms with Gasteiger partial charge in [0, 0.05) is 30.5 Å². The van der Waals surface area contributed by atoms with Crippen molar-refractivity contribution in [1.29, 1.82) is 0 Å². The van der Waals surface area contributed by atoms with E-state index in [0.29, 0.717) is 24.6 Å². The van der Waals surface area contributed by atoms with Crippen molar-refractivity contribution in [2.45, 2.75) is 39.0 Å². The molecule has 118 valence electrons. The lowest BCUT2D eigenvalue weighted by atomic mass is 10.2. The zero-order chi connectivity index (χ0) is 16.1. The highest BCUT2D eigenvalue weighted by Crippen LogP contribution is 2.14. The number of nitrogens with zero attached hydrogens (tertiary/aromatic N) is 2. The van der Waals surface area contributed by atoms with Crippen molar-refractivity contribution in [3.8, 4) is 0 Å². The van der Waals surface area contributed by atoms with Gasteiger partial charge in [0.2, 0.25) is 11.8 Å². The van der Waals surface area contributed by atoms with E-state index in [1.807, 2.05) is 13.8 Å². The van der Waals surface area contributed by atoms with Crippen LogP contribution in [-0.4, -0.2) is 16.0 Å². The summed E-state index contributed by atoms with van der Waals surface area (Å²) in [7, 11) is 0. The second kappa shape index (κ2) is 7.11. The summed E-state index contributed by atoms with van der Waals surface area (Å²) in [5, 5.41) is 6.28. The number of carbonyl (C=O) groups excluding carboxylic acids is 1. The normalized spacial score (nSPS) is 11.0. The number of aromatic nitrogens is 2. The summed E-state index contributed by atoms with van der Waals surface area (Å²) in [6.07, 6.45) is 1.17. The van der Waals surface area contributed by atoms with E-state index in [2.05, 4.69) is 15.5 Å². The van der Waals surface area contributed by atoms with E-state index in [1.54, 1.807) is 0 Å². The minimum absolute atomic E-state index is 0.0994. The maximum absolute atomic E-state index is 13.0. The molecule has 0 aliphatic heterocycles. The molecule has 0 unspecified atom stereocenters. The zero-order valence-electron chi connectivity index (χ0n) is 12.4. The van der Waals surface area contributed by atoms with Crippen LogP contribution in [0.2, 0.25) is 0 Å². The number of hydrogen-bond acceptors (Lipinski definition) is 4. The van der Waals surface area contributed by atoms with E-state index in [0.717, 1.165) is 18.2 Å². The number of rotatable bonds is 6. The Morgan fingerprint density at radius 2 is 1.95 bits per heavy atom. The summed E-state index contributed by atoms with van der Waals surface area (Å²) in [6, 6.07) is 2.87. The molecule has 1 heterocycles. The Bertz CT molecular complexity index is 636. The zero-order valence-corrected chi connectivity index (χ0v) is 12.4. The van der Waals surface area contributed by atoms with Gasteiger partial charge in [-0.2, -0.15) is 4.98 Å². The fraction of sp³-hybridized carbons (Fsp3) is 0.400. The molecule has 22 heavy (non-hydrogen) atoms. The van der Waals surface area contributed by atoms with Gasteiger partial charge in [0.05, 0.1) is 0 Å². The van der Waals surface area contributed by atoms with Gasteiger partial charge in [-0.25, -0.2) is 8.78 Å². The smallest absolute Gasteiger partial charge is 0.226 e. The number of hydrogen-bond donors (Lipinski definition) is 1. The summed E-state index contributed by atoms with van der Waals surface area (Å²) in [6.45, 7) is 3.92. The van der Waals surface area contributed by atoms with Crippen LogP contribution in [-0.2, 0) is 11.2 Å². The van der Waals surface area contributed by atoms with Crippen LogP contribution in [0, 0.1) is 11.6 Å². The van der Waals surface area contributed by atoms with Crippen LogP contribution >= 0.6 is 0 Å². The lowest BCUT2D eigenvalue weighted by molar-refractivity contribution is -0.116. The molecule has 0 saturated carbocycles. The van der Waals surface area contributed by atoms with Crippen LogP contribution in [0.3, 0.4) is 0 Å². The fourth-order valence-corrected chi connectivity index (χ4v) is 1.85. The van der Waals surface area contributed by atoms with Crippen molar-refractivity contribution in [2.75, 3.05) is 5.32 Å². The second-order valence-electron chi connectivity index (χ2n) is 5.26. The average Bonchev–Trinajstić information content (AvgIpc) is 2.86. The molecule has 1 aromatic carbocycles. The van der Waals surface area contributed by atoms with Crippen molar-refractivity contribution in [3.05, 3.63) is 41.5 Å². The lowest BCUT2D eigenvalue weighted by Crippen LogP contribution is -2.12. The molecule has 0 aliphatic rings. The standard InChI is InChI=1S/C15H17F2N3O2/c1-9(2)15-19-14(22-20-15)5-3-4-13(21)18-12-7-10(16)6-11(17)8-12/h6-9H,3-5H2,1-2H3,(H,18,21). The highest BCUT2D eigenvalue weighted by molar-refractivity contribution is 5.90.